The molecule has 0 amide bonds. The van der Waals surface area contributed by atoms with Gasteiger partial charge < -0.3 is 0 Å². The first-order valence-corrected chi connectivity index (χ1v) is 6.09. The summed E-state index contributed by atoms with van der Waals surface area (Å²) in [4.78, 5) is 2.57. The lowest BCUT2D eigenvalue weighted by Crippen LogP contribution is -2.34. The van der Waals surface area contributed by atoms with E-state index in [0.717, 1.165) is 12.5 Å². The highest BCUT2D eigenvalue weighted by Crippen LogP contribution is 2.19. The van der Waals surface area contributed by atoms with E-state index >= 15 is 0 Å². The first-order chi connectivity index (χ1) is 7.38. The van der Waals surface area contributed by atoms with Gasteiger partial charge in [0.1, 0.15) is 0 Å². The molecule has 2 aliphatic rings. The smallest absolute Gasteiger partial charge is 0.0230 e. The van der Waals surface area contributed by atoms with E-state index in [-0.39, 0.29) is 0 Å². The highest BCUT2D eigenvalue weighted by atomic mass is 15.1. The molecule has 1 nitrogen and oxygen atoms in total. The Morgan fingerprint density at radius 1 is 1.33 bits per heavy atom. The van der Waals surface area contributed by atoms with Crippen molar-refractivity contribution in [3.63, 3.8) is 0 Å². The maximum atomic E-state index is 3.88. The maximum Gasteiger partial charge on any atom is 0.0230 e. The molecule has 0 radical (unpaired) electrons. The summed E-state index contributed by atoms with van der Waals surface area (Å²) in [5.74, 6) is 0.761. The Labute approximate surface area is 93.2 Å². The molecule has 0 aromatic heterocycles. The molecule has 0 saturated carbocycles. The van der Waals surface area contributed by atoms with Crippen LogP contribution in [0, 0.1) is 5.92 Å². The van der Waals surface area contributed by atoms with Crippen LogP contribution in [0.5, 0.6) is 0 Å². The summed E-state index contributed by atoms with van der Waals surface area (Å²) in [5, 5.41) is 0. The number of hydrogen-bond donors (Lipinski definition) is 0. The van der Waals surface area contributed by atoms with Crippen LogP contribution in [-0.4, -0.2) is 24.5 Å². The Morgan fingerprint density at radius 2 is 2.13 bits per heavy atom. The molecule has 1 fully saturated rings. The Balaban J connectivity index is 1.79. The second kappa shape index (κ2) is 5.32. The van der Waals surface area contributed by atoms with Crippen LogP contribution in [-0.2, 0) is 0 Å². The number of nitrogens with zero attached hydrogens (tertiary/aromatic N) is 1. The molecular formula is C14H21N. The van der Waals surface area contributed by atoms with Gasteiger partial charge in [0.15, 0.2) is 0 Å². The van der Waals surface area contributed by atoms with Crippen LogP contribution >= 0.6 is 0 Å². The van der Waals surface area contributed by atoms with Gasteiger partial charge in [-0.25, -0.2) is 0 Å². The van der Waals surface area contributed by atoms with Gasteiger partial charge in [-0.1, -0.05) is 24.3 Å². The number of allylic oxidation sites excluding steroid dienone is 3. The van der Waals surface area contributed by atoms with Gasteiger partial charge in [-0.2, -0.15) is 0 Å². The van der Waals surface area contributed by atoms with Gasteiger partial charge in [0.05, 0.1) is 0 Å². The quantitative estimate of drug-likeness (QED) is 0.637. The van der Waals surface area contributed by atoms with Crippen molar-refractivity contribution in [3.05, 3.63) is 36.5 Å². The molecule has 0 atom stereocenters. The molecule has 1 heterocycles. The molecule has 0 bridgehead atoms. The van der Waals surface area contributed by atoms with Crippen molar-refractivity contribution in [1.29, 1.82) is 0 Å². The standard InChI is InChI=1S/C14H21N/c1-2-13-8-10-15(11-9-13)12-14-6-4-3-5-7-14/h2,4,6-7,13H,1,3,5,8-12H2. The molecular weight excluding hydrogens is 182 g/mol. The van der Waals surface area contributed by atoms with Gasteiger partial charge in [-0.05, 0) is 50.3 Å². The van der Waals surface area contributed by atoms with Crippen molar-refractivity contribution in [3.8, 4) is 0 Å². The van der Waals surface area contributed by atoms with E-state index in [9.17, 15) is 0 Å². The number of likely N-dealkylation sites (tertiary alicyclic amines) is 1. The fourth-order valence-corrected chi connectivity index (χ4v) is 2.39. The van der Waals surface area contributed by atoms with E-state index in [1.165, 1.54) is 44.3 Å². The average Bonchev–Trinajstić information content (AvgIpc) is 2.31. The van der Waals surface area contributed by atoms with Gasteiger partial charge in [-0.3, -0.25) is 4.90 Å². The molecule has 0 spiro atoms. The second-order valence-corrected chi connectivity index (χ2v) is 4.61. The van der Waals surface area contributed by atoms with Gasteiger partial charge in [0.25, 0.3) is 0 Å². The summed E-state index contributed by atoms with van der Waals surface area (Å²) < 4.78 is 0. The zero-order valence-corrected chi connectivity index (χ0v) is 9.49. The molecule has 0 aromatic carbocycles. The minimum Gasteiger partial charge on any atom is -0.299 e. The summed E-state index contributed by atoms with van der Waals surface area (Å²) in [7, 11) is 0. The molecule has 15 heavy (non-hydrogen) atoms. The number of piperidine rings is 1. The largest absolute Gasteiger partial charge is 0.299 e. The highest BCUT2D eigenvalue weighted by Gasteiger charge is 2.16. The third kappa shape index (κ3) is 3.07. The summed E-state index contributed by atoms with van der Waals surface area (Å²) in [5.41, 5.74) is 1.51. The van der Waals surface area contributed by atoms with Crippen LogP contribution in [0.4, 0.5) is 0 Å². The number of rotatable bonds is 3. The lowest BCUT2D eigenvalue weighted by molar-refractivity contribution is 0.219. The Bertz CT molecular complexity index is 267. The van der Waals surface area contributed by atoms with Crippen molar-refractivity contribution in [2.45, 2.75) is 25.7 Å². The van der Waals surface area contributed by atoms with Gasteiger partial charge in [-0.15, -0.1) is 6.58 Å². The SMILES string of the molecule is C=CC1CCN(CC2=CCCC=C2)CC1. The predicted molar refractivity (Wildman–Crippen MR) is 65.8 cm³/mol. The van der Waals surface area contributed by atoms with Crippen molar-refractivity contribution in [2.24, 2.45) is 5.92 Å². The summed E-state index contributed by atoms with van der Waals surface area (Å²) in [6.07, 6.45) is 14.1. The van der Waals surface area contributed by atoms with E-state index in [4.69, 9.17) is 0 Å². The topological polar surface area (TPSA) is 3.24 Å². The molecule has 82 valence electrons. The number of hydrogen-bond acceptors (Lipinski definition) is 1. The molecule has 0 aromatic rings. The molecule has 1 saturated heterocycles. The summed E-state index contributed by atoms with van der Waals surface area (Å²) in [6, 6.07) is 0. The van der Waals surface area contributed by atoms with E-state index in [0.29, 0.717) is 0 Å². The second-order valence-electron chi connectivity index (χ2n) is 4.61. The monoisotopic (exact) mass is 203 g/mol. The van der Waals surface area contributed by atoms with Gasteiger partial charge in [0.2, 0.25) is 0 Å². The zero-order chi connectivity index (χ0) is 10.5. The molecule has 0 N–H and O–H groups in total. The third-order valence-corrected chi connectivity index (χ3v) is 3.44. The lowest BCUT2D eigenvalue weighted by atomic mass is 9.96. The fraction of sp³-hybridized carbons (Fsp3) is 0.571. The van der Waals surface area contributed by atoms with Crippen molar-refractivity contribution >= 4 is 0 Å². The van der Waals surface area contributed by atoms with E-state index in [1.54, 1.807) is 0 Å². The average molecular weight is 203 g/mol. The molecule has 1 heteroatoms. The van der Waals surface area contributed by atoms with Crippen LogP contribution in [0.25, 0.3) is 0 Å². The molecule has 0 unspecified atom stereocenters. The van der Waals surface area contributed by atoms with Crippen molar-refractivity contribution < 1.29 is 0 Å². The van der Waals surface area contributed by atoms with Crippen LogP contribution in [0.15, 0.2) is 36.5 Å². The van der Waals surface area contributed by atoms with Crippen LogP contribution in [0.3, 0.4) is 0 Å². The predicted octanol–water partition coefficient (Wildman–Crippen LogP) is 3.16. The van der Waals surface area contributed by atoms with Gasteiger partial charge >= 0.3 is 0 Å². The van der Waals surface area contributed by atoms with E-state index in [1.807, 2.05) is 0 Å². The molecule has 1 aliphatic heterocycles. The Morgan fingerprint density at radius 3 is 2.73 bits per heavy atom. The Kier molecular flexibility index (Phi) is 3.79. The van der Waals surface area contributed by atoms with E-state index < -0.39 is 0 Å². The first-order valence-electron chi connectivity index (χ1n) is 6.09. The Hall–Kier alpha value is -0.820. The fourth-order valence-electron chi connectivity index (χ4n) is 2.39. The van der Waals surface area contributed by atoms with Gasteiger partial charge in [0, 0.05) is 6.54 Å². The van der Waals surface area contributed by atoms with Crippen LogP contribution < -0.4 is 0 Å². The lowest BCUT2D eigenvalue weighted by Gasteiger charge is -2.31. The zero-order valence-electron chi connectivity index (χ0n) is 9.49. The summed E-state index contributed by atoms with van der Waals surface area (Å²) in [6.45, 7) is 7.51. The highest BCUT2D eigenvalue weighted by molar-refractivity contribution is 5.23. The van der Waals surface area contributed by atoms with Crippen LogP contribution in [0.1, 0.15) is 25.7 Å². The maximum absolute atomic E-state index is 3.88. The van der Waals surface area contributed by atoms with Crippen molar-refractivity contribution in [1.82, 2.24) is 4.90 Å². The van der Waals surface area contributed by atoms with E-state index in [2.05, 4.69) is 35.8 Å². The molecule has 1 aliphatic carbocycles. The first kappa shape index (κ1) is 10.7. The minimum absolute atomic E-state index is 0.761. The minimum atomic E-state index is 0.761. The summed E-state index contributed by atoms with van der Waals surface area (Å²) >= 11 is 0. The normalized spacial score (nSPS) is 23.9. The third-order valence-electron chi connectivity index (χ3n) is 3.44. The molecule has 2 rings (SSSR count). The van der Waals surface area contributed by atoms with Crippen LogP contribution in [0.2, 0.25) is 0 Å². The van der Waals surface area contributed by atoms with Crippen molar-refractivity contribution in [2.75, 3.05) is 19.6 Å².